The highest BCUT2D eigenvalue weighted by molar-refractivity contribution is 5.76. The Labute approximate surface area is 192 Å². The zero-order chi connectivity index (χ0) is 22.8. The number of amides is 1. The molecule has 0 aliphatic carbocycles. The quantitative estimate of drug-likeness (QED) is 0.621. The van der Waals surface area contributed by atoms with Crippen molar-refractivity contribution >= 4 is 5.91 Å². The van der Waals surface area contributed by atoms with Gasteiger partial charge >= 0.3 is 0 Å². The van der Waals surface area contributed by atoms with Crippen LogP contribution < -0.4 is 0 Å². The fourth-order valence-corrected chi connectivity index (χ4v) is 3.83. The second kappa shape index (κ2) is 12.1. The Morgan fingerprint density at radius 3 is 2.06 bits per heavy atom. The van der Waals surface area contributed by atoms with Crippen molar-refractivity contribution in [2.45, 2.75) is 33.2 Å². The molecule has 1 fully saturated rings. The van der Waals surface area contributed by atoms with Crippen LogP contribution in [0, 0.1) is 13.8 Å². The fourth-order valence-electron chi connectivity index (χ4n) is 3.83. The highest BCUT2D eigenvalue weighted by Gasteiger charge is 2.20. The Hall–Kier alpha value is -3.11. The molecule has 0 unspecified atom stereocenters. The number of aryl methyl sites for hydroxylation is 3. The summed E-state index contributed by atoms with van der Waals surface area (Å²) < 4.78 is 0. The van der Waals surface area contributed by atoms with E-state index in [1.54, 1.807) is 12.1 Å². The van der Waals surface area contributed by atoms with Crippen LogP contribution in [0.2, 0.25) is 0 Å². The lowest BCUT2D eigenvalue weighted by molar-refractivity contribution is -0.133. The van der Waals surface area contributed by atoms with Gasteiger partial charge in [-0.15, -0.1) is 0 Å². The standard InChI is InChI=1S/C21H26N2O.C7H8O/c1-18-7-5-6-10-20(18)11-12-21(24)23-15-13-22(14-16-23)17-19-8-3-2-4-9-19;1-6-2-4-7(8)5-3-6/h2-10H,11-17H2,1H3;2-5,8H,1H3. The molecule has 4 heteroatoms. The molecule has 4 nitrogen and oxygen atoms in total. The van der Waals surface area contributed by atoms with Gasteiger partial charge in [0.1, 0.15) is 5.75 Å². The van der Waals surface area contributed by atoms with Gasteiger partial charge in [-0.3, -0.25) is 9.69 Å². The van der Waals surface area contributed by atoms with E-state index < -0.39 is 0 Å². The lowest BCUT2D eigenvalue weighted by Crippen LogP contribution is -2.48. The van der Waals surface area contributed by atoms with E-state index in [4.69, 9.17) is 5.11 Å². The molecule has 0 saturated carbocycles. The summed E-state index contributed by atoms with van der Waals surface area (Å²) in [6.07, 6.45) is 1.46. The van der Waals surface area contributed by atoms with E-state index in [0.717, 1.165) is 39.1 Å². The molecule has 1 saturated heterocycles. The van der Waals surface area contributed by atoms with E-state index in [0.29, 0.717) is 12.2 Å². The first-order chi connectivity index (χ1) is 15.5. The van der Waals surface area contributed by atoms with Crippen LogP contribution in [0.3, 0.4) is 0 Å². The number of piperazine rings is 1. The zero-order valence-electron chi connectivity index (χ0n) is 19.2. The monoisotopic (exact) mass is 430 g/mol. The highest BCUT2D eigenvalue weighted by Crippen LogP contribution is 2.13. The first-order valence-electron chi connectivity index (χ1n) is 11.4. The number of hydrogen-bond donors (Lipinski definition) is 1. The minimum Gasteiger partial charge on any atom is -0.508 e. The lowest BCUT2D eigenvalue weighted by atomic mass is 10.0. The molecule has 1 amide bonds. The molecule has 0 aromatic heterocycles. The van der Waals surface area contributed by atoms with Gasteiger partial charge in [0, 0.05) is 39.1 Å². The maximum absolute atomic E-state index is 12.5. The molecule has 3 aromatic carbocycles. The van der Waals surface area contributed by atoms with Gasteiger partial charge in [0.25, 0.3) is 0 Å². The third kappa shape index (κ3) is 7.54. The number of aromatic hydroxyl groups is 1. The number of nitrogens with zero attached hydrogens (tertiary/aromatic N) is 2. The van der Waals surface area contributed by atoms with Gasteiger partial charge in [0.05, 0.1) is 0 Å². The first-order valence-corrected chi connectivity index (χ1v) is 11.4. The molecule has 32 heavy (non-hydrogen) atoms. The fraction of sp³-hybridized carbons (Fsp3) is 0.321. The summed E-state index contributed by atoms with van der Waals surface area (Å²) in [6, 6.07) is 26.0. The average molecular weight is 431 g/mol. The third-order valence-electron chi connectivity index (χ3n) is 5.88. The number of carbonyl (C=O) groups is 1. The van der Waals surface area contributed by atoms with Crippen molar-refractivity contribution in [1.29, 1.82) is 0 Å². The number of hydrogen-bond acceptors (Lipinski definition) is 3. The summed E-state index contributed by atoms with van der Waals surface area (Å²) in [5, 5.41) is 8.76. The molecule has 1 aliphatic rings. The summed E-state index contributed by atoms with van der Waals surface area (Å²) in [4.78, 5) is 16.9. The van der Waals surface area contributed by atoms with Crippen molar-refractivity contribution < 1.29 is 9.90 Å². The molecule has 4 rings (SSSR count). The van der Waals surface area contributed by atoms with Gasteiger partial charge in [-0.25, -0.2) is 0 Å². The van der Waals surface area contributed by atoms with E-state index >= 15 is 0 Å². The highest BCUT2D eigenvalue weighted by atomic mass is 16.3. The average Bonchev–Trinajstić information content (AvgIpc) is 2.82. The molecule has 0 spiro atoms. The van der Waals surface area contributed by atoms with E-state index in [2.05, 4.69) is 60.4 Å². The largest absolute Gasteiger partial charge is 0.508 e. The van der Waals surface area contributed by atoms with Gasteiger partial charge in [-0.1, -0.05) is 72.3 Å². The van der Waals surface area contributed by atoms with Crippen LogP contribution in [-0.2, 0) is 17.8 Å². The molecule has 0 atom stereocenters. The summed E-state index contributed by atoms with van der Waals surface area (Å²) in [5.74, 6) is 0.619. The number of phenols is 1. The molecule has 168 valence electrons. The van der Waals surface area contributed by atoms with Crippen LogP contribution in [0.4, 0.5) is 0 Å². The number of phenolic OH excluding ortho intramolecular Hbond substituents is 1. The van der Waals surface area contributed by atoms with Gasteiger partial charge in [-0.2, -0.15) is 0 Å². The molecule has 0 radical (unpaired) electrons. The third-order valence-corrected chi connectivity index (χ3v) is 5.88. The lowest BCUT2D eigenvalue weighted by Gasteiger charge is -2.35. The summed E-state index contributed by atoms with van der Waals surface area (Å²) in [7, 11) is 0. The van der Waals surface area contributed by atoms with Crippen LogP contribution in [0.25, 0.3) is 0 Å². The van der Waals surface area contributed by atoms with Gasteiger partial charge < -0.3 is 10.0 Å². The first kappa shape index (κ1) is 23.6. The van der Waals surface area contributed by atoms with E-state index in [1.165, 1.54) is 22.3 Å². The molecule has 1 N–H and O–H groups in total. The van der Waals surface area contributed by atoms with Crippen molar-refractivity contribution in [3.8, 4) is 5.75 Å². The van der Waals surface area contributed by atoms with Crippen LogP contribution in [0.15, 0.2) is 78.9 Å². The maximum Gasteiger partial charge on any atom is 0.222 e. The van der Waals surface area contributed by atoms with Crippen molar-refractivity contribution in [3.63, 3.8) is 0 Å². The van der Waals surface area contributed by atoms with Crippen molar-refractivity contribution in [3.05, 3.63) is 101 Å². The summed E-state index contributed by atoms with van der Waals surface area (Å²) >= 11 is 0. The number of benzene rings is 3. The van der Waals surface area contributed by atoms with Crippen LogP contribution >= 0.6 is 0 Å². The topological polar surface area (TPSA) is 43.8 Å². The zero-order valence-corrected chi connectivity index (χ0v) is 19.2. The van der Waals surface area contributed by atoms with Gasteiger partial charge in [0.2, 0.25) is 5.91 Å². The Morgan fingerprint density at radius 2 is 1.44 bits per heavy atom. The Balaban J connectivity index is 0.000000305. The molecule has 3 aromatic rings. The Bertz CT molecular complexity index is 941. The Kier molecular flexibility index (Phi) is 8.88. The normalized spacial score (nSPS) is 13.9. The predicted molar refractivity (Wildman–Crippen MR) is 131 cm³/mol. The number of rotatable bonds is 5. The van der Waals surface area contributed by atoms with E-state index in [1.807, 2.05) is 30.0 Å². The Morgan fingerprint density at radius 1 is 0.812 bits per heavy atom. The van der Waals surface area contributed by atoms with Crippen LogP contribution in [0.1, 0.15) is 28.7 Å². The predicted octanol–water partition coefficient (Wildman–Crippen LogP) is 4.97. The summed E-state index contributed by atoms with van der Waals surface area (Å²) in [6.45, 7) is 8.70. The van der Waals surface area contributed by atoms with Crippen molar-refractivity contribution in [2.75, 3.05) is 26.2 Å². The number of carbonyl (C=O) groups excluding carboxylic acids is 1. The SMILES string of the molecule is Cc1ccc(O)cc1.Cc1ccccc1CCC(=O)N1CCN(Cc2ccccc2)CC1. The van der Waals surface area contributed by atoms with Crippen molar-refractivity contribution in [1.82, 2.24) is 9.80 Å². The van der Waals surface area contributed by atoms with Gasteiger partial charge in [-0.05, 0) is 49.1 Å². The van der Waals surface area contributed by atoms with E-state index in [9.17, 15) is 4.79 Å². The summed E-state index contributed by atoms with van der Waals surface area (Å²) in [5.41, 5.74) is 5.08. The van der Waals surface area contributed by atoms with E-state index in [-0.39, 0.29) is 5.91 Å². The molecular weight excluding hydrogens is 396 g/mol. The minimum absolute atomic E-state index is 0.289. The second-order valence-electron chi connectivity index (χ2n) is 8.40. The van der Waals surface area contributed by atoms with Crippen molar-refractivity contribution in [2.24, 2.45) is 0 Å². The van der Waals surface area contributed by atoms with Crippen LogP contribution in [0.5, 0.6) is 5.75 Å². The maximum atomic E-state index is 12.5. The smallest absolute Gasteiger partial charge is 0.222 e. The molecular formula is C28H34N2O2. The molecule has 0 bridgehead atoms. The molecule has 1 heterocycles. The molecule has 1 aliphatic heterocycles. The van der Waals surface area contributed by atoms with Gasteiger partial charge in [0.15, 0.2) is 0 Å². The second-order valence-corrected chi connectivity index (χ2v) is 8.40. The van der Waals surface area contributed by atoms with Crippen LogP contribution in [-0.4, -0.2) is 47.0 Å². The minimum atomic E-state index is 0.289.